The van der Waals surface area contributed by atoms with E-state index >= 15 is 0 Å². The second kappa shape index (κ2) is 3.40. The van der Waals surface area contributed by atoms with E-state index in [9.17, 15) is 4.79 Å². The van der Waals surface area contributed by atoms with E-state index in [0.29, 0.717) is 15.6 Å². The second-order valence-electron chi connectivity index (χ2n) is 3.28. The highest BCUT2D eigenvalue weighted by molar-refractivity contribution is 7.21. The molecular formula is C10H9ClN2OS. The number of aryl methyl sites for hydroxylation is 1. The van der Waals surface area contributed by atoms with E-state index in [1.807, 2.05) is 19.1 Å². The number of nitrogens with two attached hydrogens (primary N) is 2. The highest BCUT2D eigenvalue weighted by Crippen LogP contribution is 2.39. The van der Waals surface area contributed by atoms with Crippen LogP contribution in [0.1, 0.15) is 15.2 Å². The number of thiophene rings is 1. The molecule has 5 heteroatoms. The van der Waals surface area contributed by atoms with Gasteiger partial charge in [0, 0.05) is 10.1 Å². The number of hydrogen-bond acceptors (Lipinski definition) is 3. The molecule has 0 aliphatic heterocycles. The lowest BCUT2D eigenvalue weighted by atomic mass is 10.1. The van der Waals surface area contributed by atoms with Crippen LogP contribution in [0.25, 0.3) is 10.1 Å². The Hall–Kier alpha value is -1.26. The molecule has 0 saturated heterocycles. The smallest absolute Gasteiger partial charge is 0.260 e. The highest BCUT2D eigenvalue weighted by Gasteiger charge is 2.16. The molecule has 1 aromatic heterocycles. The van der Waals surface area contributed by atoms with Crippen LogP contribution in [0.3, 0.4) is 0 Å². The van der Waals surface area contributed by atoms with Gasteiger partial charge in [0.1, 0.15) is 4.88 Å². The molecule has 1 aromatic carbocycles. The molecule has 15 heavy (non-hydrogen) atoms. The normalized spacial score (nSPS) is 10.8. The Balaban J connectivity index is 2.89. The molecule has 4 N–H and O–H groups in total. The molecule has 2 aromatic rings. The van der Waals surface area contributed by atoms with E-state index in [0.717, 1.165) is 15.6 Å². The Morgan fingerprint density at radius 2 is 2.13 bits per heavy atom. The summed E-state index contributed by atoms with van der Waals surface area (Å²) in [6.07, 6.45) is 0. The average Bonchev–Trinajstić information content (AvgIpc) is 2.50. The molecular weight excluding hydrogens is 232 g/mol. The van der Waals surface area contributed by atoms with E-state index in [1.54, 1.807) is 0 Å². The van der Waals surface area contributed by atoms with Crippen molar-refractivity contribution >= 4 is 44.6 Å². The lowest BCUT2D eigenvalue weighted by Gasteiger charge is -1.99. The van der Waals surface area contributed by atoms with Gasteiger partial charge < -0.3 is 11.5 Å². The summed E-state index contributed by atoms with van der Waals surface area (Å²) in [5.41, 5.74) is 12.4. The first-order valence-corrected chi connectivity index (χ1v) is 5.48. The number of carbonyl (C=O) groups is 1. The summed E-state index contributed by atoms with van der Waals surface area (Å²) in [6.45, 7) is 1.89. The predicted molar refractivity (Wildman–Crippen MR) is 64.5 cm³/mol. The largest absolute Gasteiger partial charge is 0.397 e. The first-order chi connectivity index (χ1) is 7.02. The Labute approximate surface area is 95.6 Å². The van der Waals surface area contributed by atoms with Crippen molar-refractivity contribution in [2.24, 2.45) is 5.73 Å². The number of anilines is 1. The fourth-order valence-electron chi connectivity index (χ4n) is 1.46. The highest BCUT2D eigenvalue weighted by atomic mass is 35.5. The molecule has 0 fully saturated rings. The number of rotatable bonds is 1. The van der Waals surface area contributed by atoms with E-state index in [2.05, 4.69) is 0 Å². The molecule has 3 nitrogen and oxygen atoms in total. The fraction of sp³-hybridized carbons (Fsp3) is 0.100. The van der Waals surface area contributed by atoms with Crippen LogP contribution in [0.5, 0.6) is 0 Å². The number of fused-ring (bicyclic) bond motifs is 1. The Morgan fingerprint density at radius 1 is 1.47 bits per heavy atom. The van der Waals surface area contributed by atoms with Gasteiger partial charge in [-0.25, -0.2) is 0 Å². The zero-order chi connectivity index (χ0) is 11.2. The number of carbonyl (C=O) groups excluding carboxylic acids is 1. The summed E-state index contributed by atoms with van der Waals surface area (Å²) < 4.78 is 0.886. The maximum Gasteiger partial charge on any atom is 0.260 e. The van der Waals surface area contributed by atoms with Crippen molar-refractivity contribution in [3.8, 4) is 0 Å². The molecule has 0 bridgehead atoms. The van der Waals surface area contributed by atoms with Crippen molar-refractivity contribution in [2.75, 3.05) is 5.73 Å². The van der Waals surface area contributed by atoms with Crippen molar-refractivity contribution in [2.45, 2.75) is 6.92 Å². The average molecular weight is 241 g/mol. The lowest BCUT2D eigenvalue weighted by Crippen LogP contribution is -2.10. The number of primary amides is 1. The first-order valence-electron chi connectivity index (χ1n) is 4.29. The number of hydrogen-bond donors (Lipinski definition) is 2. The van der Waals surface area contributed by atoms with Crippen molar-refractivity contribution in [3.63, 3.8) is 0 Å². The second-order valence-corrected chi connectivity index (χ2v) is 4.71. The molecule has 0 radical (unpaired) electrons. The van der Waals surface area contributed by atoms with Gasteiger partial charge in [0.15, 0.2) is 0 Å². The molecule has 1 heterocycles. The third-order valence-electron chi connectivity index (χ3n) is 2.25. The minimum atomic E-state index is -0.512. The minimum Gasteiger partial charge on any atom is -0.397 e. The molecule has 0 spiro atoms. The maximum absolute atomic E-state index is 11.1. The van der Waals surface area contributed by atoms with Gasteiger partial charge in [-0.3, -0.25) is 4.79 Å². The van der Waals surface area contributed by atoms with Crippen LogP contribution >= 0.6 is 22.9 Å². The van der Waals surface area contributed by atoms with Crippen LogP contribution in [-0.2, 0) is 0 Å². The van der Waals surface area contributed by atoms with E-state index in [-0.39, 0.29) is 0 Å². The Bertz CT molecular complexity index is 562. The van der Waals surface area contributed by atoms with Crippen LogP contribution in [-0.4, -0.2) is 5.91 Å². The van der Waals surface area contributed by atoms with Crippen molar-refractivity contribution in [1.29, 1.82) is 0 Å². The van der Waals surface area contributed by atoms with Crippen molar-refractivity contribution in [1.82, 2.24) is 0 Å². The van der Waals surface area contributed by atoms with E-state index in [1.165, 1.54) is 11.3 Å². The SMILES string of the molecule is Cc1ccc2sc(C(N)=O)c(N)c2c1Cl. The van der Waals surface area contributed by atoms with Gasteiger partial charge in [0.2, 0.25) is 0 Å². The Kier molecular flexibility index (Phi) is 2.32. The van der Waals surface area contributed by atoms with Gasteiger partial charge in [-0.2, -0.15) is 0 Å². The predicted octanol–water partition coefficient (Wildman–Crippen LogP) is 2.54. The van der Waals surface area contributed by atoms with Crippen LogP contribution < -0.4 is 11.5 Å². The number of amides is 1. The summed E-state index contributed by atoms with van der Waals surface area (Å²) in [7, 11) is 0. The van der Waals surface area contributed by atoms with Crippen molar-refractivity contribution in [3.05, 3.63) is 27.6 Å². The molecule has 0 aliphatic rings. The maximum atomic E-state index is 11.1. The van der Waals surface area contributed by atoms with Crippen LogP contribution in [0, 0.1) is 6.92 Å². The van der Waals surface area contributed by atoms with E-state index < -0.39 is 5.91 Å². The summed E-state index contributed by atoms with van der Waals surface area (Å²) in [5, 5.41) is 1.32. The molecule has 2 rings (SSSR count). The lowest BCUT2D eigenvalue weighted by molar-refractivity contribution is 0.100. The monoisotopic (exact) mass is 240 g/mol. The van der Waals surface area contributed by atoms with Crippen LogP contribution in [0.2, 0.25) is 5.02 Å². The molecule has 0 unspecified atom stereocenters. The first kappa shape index (κ1) is 10.3. The summed E-state index contributed by atoms with van der Waals surface area (Å²) >= 11 is 7.39. The summed E-state index contributed by atoms with van der Waals surface area (Å²) in [4.78, 5) is 11.5. The van der Waals surface area contributed by atoms with Crippen molar-refractivity contribution < 1.29 is 4.79 Å². The van der Waals surface area contributed by atoms with Crippen LogP contribution in [0.4, 0.5) is 5.69 Å². The van der Waals surface area contributed by atoms with Gasteiger partial charge in [-0.05, 0) is 18.6 Å². The van der Waals surface area contributed by atoms with Gasteiger partial charge in [0.05, 0.1) is 10.7 Å². The third kappa shape index (κ3) is 1.46. The topological polar surface area (TPSA) is 69.1 Å². The van der Waals surface area contributed by atoms with Gasteiger partial charge in [-0.1, -0.05) is 17.7 Å². The standard InChI is InChI=1S/C10H9ClN2OS/c1-4-2-3-5-6(7(4)11)8(12)9(15-5)10(13)14/h2-3H,12H2,1H3,(H2,13,14). The summed E-state index contributed by atoms with van der Waals surface area (Å²) in [6, 6.07) is 3.79. The molecule has 0 aliphatic carbocycles. The van der Waals surface area contributed by atoms with Gasteiger partial charge in [-0.15, -0.1) is 11.3 Å². The molecule has 78 valence electrons. The summed E-state index contributed by atoms with van der Waals surface area (Å²) in [5.74, 6) is -0.512. The van der Waals surface area contributed by atoms with E-state index in [4.69, 9.17) is 23.1 Å². The van der Waals surface area contributed by atoms with Crippen LogP contribution in [0.15, 0.2) is 12.1 Å². The zero-order valence-electron chi connectivity index (χ0n) is 8.00. The third-order valence-corrected chi connectivity index (χ3v) is 3.92. The number of halogens is 1. The zero-order valence-corrected chi connectivity index (χ0v) is 9.58. The van der Waals surface area contributed by atoms with Gasteiger partial charge in [0.25, 0.3) is 5.91 Å². The number of benzene rings is 1. The number of nitrogen functional groups attached to an aromatic ring is 1. The minimum absolute atomic E-state index is 0.373. The Morgan fingerprint density at radius 3 is 2.73 bits per heavy atom. The fourth-order valence-corrected chi connectivity index (χ4v) is 2.77. The molecule has 1 amide bonds. The molecule has 0 saturated carbocycles. The molecule has 0 atom stereocenters. The quantitative estimate of drug-likeness (QED) is 0.804. The van der Waals surface area contributed by atoms with Gasteiger partial charge >= 0.3 is 0 Å².